The molecule has 0 saturated carbocycles. The Morgan fingerprint density at radius 2 is 1.74 bits per heavy atom. The van der Waals surface area contributed by atoms with Crippen molar-refractivity contribution in [3.8, 4) is 11.7 Å². The Bertz CT molecular complexity index is 1060. The molecule has 0 spiro atoms. The summed E-state index contributed by atoms with van der Waals surface area (Å²) in [7, 11) is -8.68. The van der Waals surface area contributed by atoms with Crippen LogP contribution in [0.5, 0.6) is 6.01 Å². The van der Waals surface area contributed by atoms with E-state index >= 15 is 0 Å². The van der Waals surface area contributed by atoms with E-state index < -0.39 is 49.9 Å². The Morgan fingerprint density at radius 3 is 2.22 bits per heavy atom. The van der Waals surface area contributed by atoms with Crippen LogP contribution in [0.2, 0.25) is 0 Å². The lowest BCUT2D eigenvalue weighted by Gasteiger charge is -2.22. The minimum atomic E-state index is -4.34. The lowest BCUT2D eigenvalue weighted by Crippen LogP contribution is -2.35. The van der Waals surface area contributed by atoms with Gasteiger partial charge in [0.2, 0.25) is 20.0 Å². The predicted molar refractivity (Wildman–Crippen MR) is 92.6 cm³/mol. The summed E-state index contributed by atoms with van der Waals surface area (Å²) in [5.74, 6) is -1.07. The van der Waals surface area contributed by atoms with Gasteiger partial charge in [-0.1, -0.05) is 0 Å². The minimum absolute atomic E-state index is 0.0439. The molecule has 1 aromatic heterocycles. The van der Waals surface area contributed by atoms with Gasteiger partial charge in [-0.05, 0) is 35.0 Å². The number of ether oxygens (including phenoxy) is 1. The van der Waals surface area contributed by atoms with E-state index in [1.54, 1.807) is 0 Å². The van der Waals surface area contributed by atoms with Crippen LogP contribution in [-0.4, -0.2) is 50.7 Å². The fourth-order valence-electron chi connectivity index (χ4n) is 2.14. The highest BCUT2D eigenvalue weighted by Gasteiger charge is 2.31. The molecule has 1 heterocycles. The van der Waals surface area contributed by atoms with Crippen molar-refractivity contribution in [1.82, 2.24) is 14.8 Å². The summed E-state index contributed by atoms with van der Waals surface area (Å²) in [6, 6.07) is 0.797. The van der Waals surface area contributed by atoms with Crippen molar-refractivity contribution < 1.29 is 34.7 Å². The van der Waals surface area contributed by atoms with Crippen molar-refractivity contribution >= 4 is 41.7 Å². The van der Waals surface area contributed by atoms with Gasteiger partial charge in [-0.15, -0.1) is 5.10 Å². The maximum atomic E-state index is 14.4. The molecule has 9 nitrogen and oxygen atoms in total. The highest BCUT2D eigenvalue weighted by Crippen LogP contribution is 2.34. The molecule has 15 heteroatoms. The zero-order chi connectivity index (χ0) is 20.7. The van der Waals surface area contributed by atoms with E-state index in [4.69, 9.17) is 0 Å². The summed E-state index contributed by atoms with van der Waals surface area (Å²) in [4.78, 5) is 3.58. The first-order chi connectivity index (χ1) is 12.2. The molecule has 0 aliphatic carbocycles. The molecule has 0 atom stereocenters. The van der Waals surface area contributed by atoms with Crippen molar-refractivity contribution in [2.75, 3.05) is 16.2 Å². The minimum Gasteiger partial charge on any atom is -0.401 e. The number of halogens is 4. The summed E-state index contributed by atoms with van der Waals surface area (Å²) in [6.45, 7) is -1.96. The smallest absolute Gasteiger partial charge is 0.389 e. The highest BCUT2D eigenvalue weighted by atomic mass is 79.9. The molecular weight excluding hydrogens is 481 g/mol. The molecule has 0 aliphatic heterocycles. The number of anilines is 1. The number of nitrogens with zero attached hydrogens (tertiary/aromatic N) is 4. The molecule has 27 heavy (non-hydrogen) atoms. The van der Waals surface area contributed by atoms with E-state index in [2.05, 4.69) is 30.7 Å². The first-order valence-corrected chi connectivity index (χ1v) is 11.3. The van der Waals surface area contributed by atoms with Gasteiger partial charge in [0.1, 0.15) is 11.5 Å². The third-order valence-corrected chi connectivity index (χ3v) is 6.78. The second kappa shape index (κ2) is 7.27. The maximum Gasteiger partial charge on any atom is 0.389 e. The van der Waals surface area contributed by atoms with Gasteiger partial charge in [-0.3, -0.25) is 0 Å². The standard InChI is InChI=1S/C12H12BrF3N4O5S2/c1-6-17-12(25-11(15)16)19(18-6)10-5-9(7(13)4-8(10)14)20(26(2,21)22)27(3,23)24/h4-5,11H,1-3H3. The second-order valence-electron chi connectivity index (χ2n) is 5.21. The summed E-state index contributed by atoms with van der Waals surface area (Å²) in [5.41, 5.74) is -1.03. The van der Waals surface area contributed by atoms with Crippen molar-refractivity contribution in [3.63, 3.8) is 0 Å². The fraction of sp³-hybridized carbons (Fsp3) is 0.333. The van der Waals surface area contributed by atoms with Gasteiger partial charge in [0, 0.05) is 4.47 Å². The Morgan fingerprint density at radius 1 is 1.19 bits per heavy atom. The number of sulfonamides is 2. The molecule has 0 bridgehead atoms. The zero-order valence-electron chi connectivity index (χ0n) is 13.9. The third-order valence-electron chi connectivity index (χ3n) is 2.92. The SMILES string of the molecule is Cc1nc(OC(F)F)n(-c2cc(N(S(C)(=O)=O)S(C)(=O)=O)c(Br)cc2F)n1. The topological polar surface area (TPSA) is 111 Å². The molecule has 0 aliphatic rings. The van der Waals surface area contributed by atoms with Crippen LogP contribution in [0.1, 0.15) is 5.82 Å². The molecule has 0 N–H and O–H groups in total. The monoisotopic (exact) mass is 492 g/mol. The summed E-state index contributed by atoms with van der Waals surface area (Å²) >= 11 is 2.90. The number of benzene rings is 1. The summed E-state index contributed by atoms with van der Waals surface area (Å²) < 4.78 is 91.9. The second-order valence-corrected chi connectivity index (χ2v) is 9.96. The van der Waals surface area contributed by atoms with Crippen LogP contribution in [0.25, 0.3) is 5.69 Å². The molecule has 2 rings (SSSR count). The molecule has 0 radical (unpaired) electrons. The Labute approximate surface area is 161 Å². The van der Waals surface area contributed by atoms with E-state index in [1.807, 2.05) is 0 Å². The summed E-state index contributed by atoms with van der Waals surface area (Å²) in [6.07, 6.45) is 1.27. The van der Waals surface area contributed by atoms with Crippen LogP contribution in [0.15, 0.2) is 16.6 Å². The molecule has 0 fully saturated rings. The number of aryl methyl sites for hydroxylation is 1. The molecule has 2 aromatic rings. The number of hydrogen-bond acceptors (Lipinski definition) is 7. The van der Waals surface area contributed by atoms with Crippen LogP contribution < -0.4 is 8.45 Å². The first kappa shape index (κ1) is 21.4. The number of hydrogen-bond donors (Lipinski definition) is 0. The van der Waals surface area contributed by atoms with Gasteiger partial charge in [-0.2, -0.15) is 22.2 Å². The molecular formula is C12H12BrF3N4O5S2. The van der Waals surface area contributed by atoms with Crippen LogP contribution in [0.4, 0.5) is 18.9 Å². The van der Waals surface area contributed by atoms with Crippen LogP contribution in [-0.2, 0) is 20.0 Å². The normalized spacial score (nSPS) is 12.4. The predicted octanol–water partition coefficient (Wildman–Crippen LogP) is 1.80. The van der Waals surface area contributed by atoms with E-state index in [9.17, 15) is 30.0 Å². The van der Waals surface area contributed by atoms with Crippen LogP contribution in [0, 0.1) is 12.7 Å². The van der Waals surface area contributed by atoms with E-state index in [1.165, 1.54) is 6.92 Å². The van der Waals surface area contributed by atoms with Gasteiger partial charge < -0.3 is 4.74 Å². The van der Waals surface area contributed by atoms with Gasteiger partial charge in [0.05, 0.1) is 18.2 Å². The van der Waals surface area contributed by atoms with E-state index in [0.29, 0.717) is 17.2 Å². The zero-order valence-corrected chi connectivity index (χ0v) is 17.1. The number of alkyl halides is 2. The van der Waals surface area contributed by atoms with Gasteiger partial charge in [0.15, 0.2) is 5.82 Å². The largest absolute Gasteiger partial charge is 0.401 e. The Kier molecular flexibility index (Phi) is 5.77. The maximum absolute atomic E-state index is 14.4. The summed E-state index contributed by atoms with van der Waals surface area (Å²) in [5, 5.41) is 3.72. The van der Waals surface area contributed by atoms with E-state index in [-0.39, 0.29) is 14.0 Å². The van der Waals surface area contributed by atoms with Gasteiger partial charge >= 0.3 is 12.6 Å². The first-order valence-electron chi connectivity index (χ1n) is 6.80. The number of aromatic nitrogens is 3. The fourth-order valence-corrected chi connectivity index (χ4v) is 5.85. The third kappa shape index (κ3) is 4.70. The lowest BCUT2D eigenvalue weighted by atomic mass is 10.2. The molecule has 0 unspecified atom stereocenters. The molecule has 0 amide bonds. The van der Waals surface area contributed by atoms with E-state index in [0.717, 1.165) is 12.1 Å². The molecule has 0 saturated heterocycles. The Balaban J connectivity index is 2.78. The molecule has 1 aromatic carbocycles. The Hall–Kier alpha value is -1.87. The van der Waals surface area contributed by atoms with Crippen molar-refractivity contribution in [3.05, 3.63) is 28.2 Å². The van der Waals surface area contributed by atoms with Crippen LogP contribution >= 0.6 is 15.9 Å². The van der Waals surface area contributed by atoms with Crippen molar-refractivity contribution in [2.45, 2.75) is 13.5 Å². The van der Waals surface area contributed by atoms with Crippen molar-refractivity contribution in [2.24, 2.45) is 0 Å². The number of rotatable bonds is 6. The average molecular weight is 493 g/mol. The lowest BCUT2D eigenvalue weighted by molar-refractivity contribution is -0.0575. The molecule has 150 valence electrons. The average Bonchev–Trinajstić information content (AvgIpc) is 2.78. The highest BCUT2D eigenvalue weighted by molar-refractivity contribution is 9.10. The van der Waals surface area contributed by atoms with Gasteiger partial charge in [-0.25, -0.2) is 21.2 Å². The quantitative estimate of drug-likeness (QED) is 0.604. The van der Waals surface area contributed by atoms with Gasteiger partial charge in [0.25, 0.3) is 0 Å². The van der Waals surface area contributed by atoms with Crippen LogP contribution in [0.3, 0.4) is 0 Å². The van der Waals surface area contributed by atoms with Crippen molar-refractivity contribution in [1.29, 1.82) is 0 Å².